The average molecular weight is 232 g/mol. The fourth-order valence-corrected chi connectivity index (χ4v) is 1.26. The normalized spacial score (nSPS) is 10.5. The zero-order valence-electron chi connectivity index (χ0n) is 8.38. The summed E-state index contributed by atoms with van der Waals surface area (Å²) >= 11 is 5.71. The van der Waals surface area contributed by atoms with Gasteiger partial charge in [-0.05, 0) is 26.0 Å². The lowest BCUT2D eigenvalue weighted by Crippen LogP contribution is -2.14. The molecule has 0 atom stereocenters. The summed E-state index contributed by atoms with van der Waals surface area (Å²) in [7, 11) is 0. The molecule has 0 aromatic heterocycles. The van der Waals surface area contributed by atoms with Gasteiger partial charge in [0.15, 0.2) is 0 Å². The lowest BCUT2D eigenvalue weighted by molar-refractivity contribution is 0.0373. The van der Waals surface area contributed by atoms with Crippen LogP contribution >= 0.6 is 11.6 Å². The highest BCUT2D eigenvalue weighted by Gasteiger charge is 2.20. The van der Waals surface area contributed by atoms with Gasteiger partial charge in [-0.1, -0.05) is 11.6 Å². The maximum Gasteiger partial charge on any atom is 0.342 e. The number of esters is 1. The van der Waals surface area contributed by atoms with Crippen LogP contribution < -0.4 is 5.73 Å². The molecule has 0 fully saturated rings. The van der Waals surface area contributed by atoms with Crippen LogP contribution in [0.1, 0.15) is 24.2 Å². The first-order valence-electron chi connectivity index (χ1n) is 4.38. The van der Waals surface area contributed by atoms with Crippen LogP contribution in [0.5, 0.6) is 0 Å². The van der Waals surface area contributed by atoms with Gasteiger partial charge in [-0.15, -0.1) is 0 Å². The molecular weight excluding hydrogens is 221 g/mol. The van der Waals surface area contributed by atoms with Crippen LogP contribution in [0.3, 0.4) is 0 Å². The van der Waals surface area contributed by atoms with E-state index in [-0.39, 0.29) is 22.4 Å². The van der Waals surface area contributed by atoms with Crippen molar-refractivity contribution in [3.8, 4) is 0 Å². The van der Waals surface area contributed by atoms with Crippen LogP contribution in [0, 0.1) is 5.82 Å². The van der Waals surface area contributed by atoms with E-state index in [0.29, 0.717) is 0 Å². The van der Waals surface area contributed by atoms with Gasteiger partial charge in [0.05, 0.1) is 16.8 Å². The molecule has 0 aliphatic carbocycles. The number of carbonyl (C=O) groups excluding carboxylic acids is 1. The van der Waals surface area contributed by atoms with Crippen molar-refractivity contribution in [1.29, 1.82) is 0 Å². The predicted octanol–water partition coefficient (Wildman–Crippen LogP) is 2.63. The van der Waals surface area contributed by atoms with Gasteiger partial charge < -0.3 is 10.5 Å². The summed E-state index contributed by atoms with van der Waals surface area (Å²) in [5, 5.41) is -0.111. The average Bonchev–Trinajstić information content (AvgIpc) is 2.11. The Hall–Kier alpha value is -1.29. The molecule has 82 valence electrons. The third kappa shape index (κ3) is 2.59. The summed E-state index contributed by atoms with van der Waals surface area (Å²) in [5.41, 5.74) is 5.28. The fourth-order valence-electron chi connectivity index (χ4n) is 1.03. The van der Waals surface area contributed by atoms with Gasteiger partial charge in [0.2, 0.25) is 0 Å². The molecule has 1 aromatic rings. The van der Waals surface area contributed by atoms with E-state index < -0.39 is 11.8 Å². The van der Waals surface area contributed by atoms with Crippen LogP contribution in [0.25, 0.3) is 0 Å². The van der Waals surface area contributed by atoms with Gasteiger partial charge in [0, 0.05) is 0 Å². The van der Waals surface area contributed by atoms with E-state index in [1.165, 1.54) is 6.07 Å². The van der Waals surface area contributed by atoms with E-state index in [4.69, 9.17) is 22.1 Å². The summed E-state index contributed by atoms with van der Waals surface area (Å²) in [6.45, 7) is 3.33. The predicted molar refractivity (Wildman–Crippen MR) is 56.4 cm³/mol. The zero-order chi connectivity index (χ0) is 11.6. The Morgan fingerprint density at radius 3 is 2.67 bits per heavy atom. The number of hydrogen-bond donors (Lipinski definition) is 1. The van der Waals surface area contributed by atoms with Crippen molar-refractivity contribution in [2.75, 3.05) is 5.73 Å². The molecule has 0 heterocycles. The monoisotopic (exact) mass is 231 g/mol. The molecule has 2 N–H and O–H groups in total. The van der Waals surface area contributed by atoms with Gasteiger partial charge >= 0.3 is 5.97 Å². The summed E-state index contributed by atoms with van der Waals surface area (Å²) < 4.78 is 18.1. The molecule has 0 amide bonds. The topological polar surface area (TPSA) is 52.3 Å². The second kappa shape index (κ2) is 4.49. The van der Waals surface area contributed by atoms with Crippen molar-refractivity contribution in [3.63, 3.8) is 0 Å². The van der Waals surface area contributed by atoms with E-state index in [2.05, 4.69) is 0 Å². The van der Waals surface area contributed by atoms with Gasteiger partial charge in [-0.25, -0.2) is 9.18 Å². The third-order valence-electron chi connectivity index (χ3n) is 1.67. The van der Waals surface area contributed by atoms with Gasteiger partial charge in [-0.3, -0.25) is 0 Å². The number of ether oxygens (including phenoxy) is 1. The summed E-state index contributed by atoms with van der Waals surface area (Å²) in [6, 6.07) is 2.38. The molecule has 0 spiro atoms. The molecule has 1 rings (SSSR count). The number of anilines is 1. The maximum absolute atomic E-state index is 13.3. The van der Waals surface area contributed by atoms with Crippen LogP contribution in [0.15, 0.2) is 12.1 Å². The Morgan fingerprint density at radius 2 is 2.13 bits per heavy atom. The Balaban J connectivity index is 3.13. The molecular formula is C10H11ClFNO2. The van der Waals surface area contributed by atoms with E-state index in [0.717, 1.165) is 6.07 Å². The fraction of sp³-hybridized carbons (Fsp3) is 0.300. The number of benzene rings is 1. The lowest BCUT2D eigenvalue weighted by atomic mass is 10.2. The minimum atomic E-state index is -0.806. The molecule has 1 aromatic carbocycles. The summed E-state index contributed by atoms with van der Waals surface area (Å²) in [4.78, 5) is 11.4. The lowest BCUT2D eigenvalue weighted by Gasteiger charge is -2.10. The number of halogens is 2. The van der Waals surface area contributed by atoms with E-state index >= 15 is 0 Å². The van der Waals surface area contributed by atoms with Crippen molar-refractivity contribution in [1.82, 2.24) is 0 Å². The van der Waals surface area contributed by atoms with Crippen molar-refractivity contribution in [2.24, 2.45) is 0 Å². The smallest absolute Gasteiger partial charge is 0.342 e. The van der Waals surface area contributed by atoms with Crippen LogP contribution in [-0.2, 0) is 4.74 Å². The highest BCUT2D eigenvalue weighted by atomic mass is 35.5. The SMILES string of the molecule is CC(C)OC(=O)c1c(F)ccc(N)c1Cl. The second-order valence-electron chi connectivity index (χ2n) is 3.28. The molecule has 0 saturated heterocycles. The highest BCUT2D eigenvalue weighted by molar-refractivity contribution is 6.36. The second-order valence-corrected chi connectivity index (χ2v) is 3.66. The number of nitrogen functional groups attached to an aromatic ring is 1. The first-order chi connectivity index (χ1) is 6.93. The van der Waals surface area contributed by atoms with Crippen LogP contribution in [0.4, 0.5) is 10.1 Å². The van der Waals surface area contributed by atoms with E-state index in [1.807, 2.05) is 0 Å². The van der Waals surface area contributed by atoms with Crippen LogP contribution in [-0.4, -0.2) is 12.1 Å². The Kier molecular flexibility index (Phi) is 3.52. The van der Waals surface area contributed by atoms with E-state index in [9.17, 15) is 9.18 Å². The Morgan fingerprint density at radius 1 is 1.53 bits per heavy atom. The minimum Gasteiger partial charge on any atom is -0.459 e. The third-order valence-corrected chi connectivity index (χ3v) is 2.08. The number of carbonyl (C=O) groups is 1. The Labute approximate surface area is 92.0 Å². The minimum absolute atomic E-state index is 0.111. The van der Waals surface area contributed by atoms with Gasteiger partial charge in [0.1, 0.15) is 11.4 Å². The largest absolute Gasteiger partial charge is 0.459 e. The van der Waals surface area contributed by atoms with E-state index in [1.54, 1.807) is 13.8 Å². The molecule has 0 radical (unpaired) electrons. The number of rotatable bonds is 2. The number of hydrogen-bond acceptors (Lipinski definition) is 3. The van der Waals surface area contributed by atoms with Crippen molar-refractivity contribution >= 4 is 23.3 Å². The van der Waals surface area contributed by atoms with Gasteiger partial charge in [-0.2, -0.15) is 0 Å². The summed E-state index contributed by atoms with van der Waals surface area (Å²) in [5.74, 6) is -1.54. The zero-order valence-corrected chi connectivity index (χ0v) is 9.14. The molecule has 15 heavy (non-hydrogen) atoms. The maximum atomic E-state index is 13.3. The van der Waals surface area contributed by atoms with Crippen LogP contribution in [0.2, 0.25) is 5.02 Å². The number of nitrogens with two attached hydrogens (primary N) is 1. The first kappa shape index (κ1) is 11.8. The Bertz CT molecular complexity index is 393. The standard InChI is InChI=1S/C10H11ClFNO2/c1-5(2)15-10(14)8-6(12)3-4-7(13)9(8)11/h3-5H,13H2,1-2H3. The first-order valence-corrected chi connectivity index (χ1v) is 4.75. The molecule has 0 saturated carbocycles. The molecule has 0 aliphatic heterocycles. The van der Waals surface area contributed by atoms with Crippen molar-refractivity contribution in [2.45, 2.75) is 20.0 Å². The molecule has 0 bridgehead atoms. The molecule has 3 nitrogen and oxygen atoms in total. The van der Waals surface area contributed by atoms with Crippen molar-refractivity contribution < 1.29 is 13.9 Å². The highest BCUT2D eigenvalue weighted by Crippen LogP contribution is 2.26. The van der Waals surface area contributed by atoms with Crippen molar-refractivity contribution in [3.05, 3.63) is 28.5 Å². The molecule has 0 unspecified atom stereocenters. The quantitative estimate of drug-likeness (QED) is 0.629. The molecule has 0 aliphatic rings. The molecule has 5 heteroatoms. The summed E-state index contributed by atoms with van der Waals surface area (Å²) in [6.07, 6.45) is -0.339. The van der Waals surface area contributed by atoms with Gasteiger partial charge in [0.25, 0.3) is 0 Å².